The number of piperidine rings is 1. The van der Waals surface area contributed by atoms with Crippen LogP contribution < -0.4 is 0 Å². The van der Waals surface area contributed by atoms with Crippen LogP contribution in [0.4, 0.5) is 4.39 Å². The lowest BCUT2D eigenvalue weighted by Crippen LogP contribution is -2.69. The van der Waals surface area contributed by atoms with Crippen molar-refractivity contribution in [3.63, 3.8) is 0 Å². The van der Waals surface area contributed by atoms with Crippen molar-refractivity contribution in [3.05, 3.63) is 65.0 Å². The Hall–Kier alpha value is -2.40. The van der Waals surface area contributed by atoms with Crippen LogP contribution in [0.25, 0.3) is 0 Å². The minimum atomic E-state index is -0.417. The number of carbonyl (C=O) groups excluding carboxylic acids is 1. The molecule has 5 heteroatoms. The monoisotopic (exact) mass is 472 g/mol. The number of halogens is 1. The summed E-state index contributed by atoms with van der Waals surface area (Å²) in [6.45, 7) is 3.11. The summed E-state index contributed by atoms with van der Waals surface area (Å²) in [5.41, 5.74) is 3.24. The highest BCUT2D eigenvalue weighted by atomic mass is 19.1. The van der Waals surface area contributed by atoms with Gasteiger partial charge in [0, 0.05) is 30.6 Å². The summed E-state index contributed by atoms with van der Waals surface area (Å²) in [5.74, 6) is 1.55. The number of benzene rings is 2. The minimum absolute atomic E-state index is 0.0158. The van der Waals surface area contributed by atoms with E-state index in [9.17, 15) is 14.3 Å². The largest absolute Gasteiger partial charge is 0.508 e. The Labute approximate surface area is 206 Å². The molecule has 3 saturated carbocycles. The molecule has 35 heavy (non-hydrogen) atoms. The highest BCUT2D eigenvalue weighted by Crippen LogP contribution is 2.75. The molecule has 4 aliphatic carbocycles. The van der Waals surface area contributed by atoms with E-state index in [4.69, 9.17) is 0 Å². The van der Waals surface area contributed by atoms with Gasteiger partial charge in [0.15, 0.2) is 0 Å². The zero-order valence-electron chi connectivity index (χ0n) is 20.1. The van der Waals surface area contributed by atoms with E-state index in [1.807, 2.05) is 11.0 Å². The molecule has 0 spiro atoms. The van der Waals surface area contributed by atoms with Crippen molar-refractivity contribution in [2.45, 2.75) is 62.4 Å². The zero-order valence-corrected chi connectivity index (χ0v) is 20.1. The average molecular weight is 473 g/mol. The van der Waals surface area contributed by atoms with Gasteiger partial charge in [-0.05, 0) is 110 Å². The Balaban J connectivity index is 1.25. The van der Waals surface area contributed by atoms with Gasteiger partial charge in [-0.25, -0.2) is 4.39 Å². The van der Waals surface area contributed by atoms with E-state index in [2.05, 4.69) is 17.0 Å². The number of rotatable bonds is 3. The van der Waals surface area contributed by atoms with Gasteiger partial charge >= 0.3 is 0 Å². The van der Waals surface area contributed by atoms with Gasteiger partial charge in [0.2, 0.25) is 0 Å². The molecule has 2 aliphatic heterocycles. The summed E-state index contributed by atoms with van der Waals surface area (Å²) in [7, 11) is 0. The number of likely N-dealkylation sites (tertiary alicyclic amines) is 2. The third-order valence-corrected chi connectivity index (χ3v) is 11.1. The first-order valence-electron chi connectivity index (χ1n) is 13.6. The second kappa shape index (κ2) is 6.88. The van der Waals surface area contributed by atoms with E-state index in [1.165, 1.54) is 36.6 Å². The fraction of sp³-hybridized carbons (Fsp3) is 0.567. The number of hydrogen-bond acceptors (Lipinski definition) is 3. The molecule has 6 aliphatic rings. The number of phenols is 1. The lowest BCUT2D eigenvalue weighted by Gasteiger charge is -2.66. The van der Waals surface area contributed by atoms with E-state index < -0.39 is 5.82 Å². The lowest BCUT2D eigenvalue weighted by molar-refractivity contribution is -0.102. The van der Waals surface area contributed by atoms with E-state index in [0.29, 0.717) is 23.6 Å². The molecular weight excluding hydrogens is 439 g/mol. The van der Waals surface area contributed by atoms with Gasteiger partial charge in [0.05, 0.1) is 5.56 Å². The van der Waals surface area contributed by atoms with Crippen LogP contribution >= 0.6 is 0 Å². The maximum absolute atomic E-state index is 14.6. The van der Waals surface area contributed by atoms with Crippen LogP contribution in [0, 0.1) is 29.0 Å². The summed E-state index contributed by atoms with van der Waals surface area (Å²) in [6, 6.07) is 13.3. The second-order valence-electron chi connectivity index (χ2n) is 12.4. The van der Waals surface area contributed by atoms with Gasteiger partial charge in [0.1, 0.15) is 11.6 Å². The number of aromatic hydroxyl groups is 1. The molecule has 2 heterocycles. The maximum atomic E-state index is 14.6. The van der Waals surface area contributed by atoms with Crippen molar-refractivity contribution < 1.29 is 14.3 Å². The van der Waals surface area contributed by atoms with Crippen molar-refractivity contribution >= 4 is 5.91 Å². The fourth-order valence-corrected chi connectivity index (χ4v) is 9.97. The predicted molar refractivity (Wildman–Crippen MR) is 131 cm³/mol. The zero-order chi connectivity index (χ0) is 23.5. The van der Waals surface area contributed by atoms with E-state index in [0.717, 1.165) is 51.1 Å². The van der Waals surface area contributed by atoms with Crippen molar-refractivity contribution in [2.75, 3.05) is 19.6 Å². The van der Waals surface area contributed by atoms with Gasteiger partial charge < -0.3 is 10.0 Å². The predicted octanol–water partition coefficient (Wildman–Crippen LogP) is 4.75. The molecule has 2 aromatic carbocycles. The first-order valence-corrected chi connectivity index (χ1v) is 13.6. The Morgan fingerprint density at radius 2 is 1.97 bits per heavy atom. The summed E-state index contributed by atoms with van der Waals surface area (Å²) < 4.78 is 14.6. The molecule has 4 bridgehead atoms. The third kappa shape index (κ3) is 2.53. The normalized spacial score (nSPS) is 38.8. The smallest absolute Gasteiger partial charge is 0.257 e. The van der Waals surface area contributed by atoms with Gasteiger partial charge in [-0.3, -0.25) is 9.69 Å². The Kier molecular flexibility index (Phi) is 4.08. The van der Waals surface area contributed by atoms with Gasteiger partial charge in [0.25, 0.3) is 5.91 Å². The summed E-state index contributed by atoms with van der Waals surface area (Å²) in [4.78, 5) is 18.5. The quantitative estimate of drug-likeness (QED) is 0.701. The maximum Gasteiger partial charge on any atom is 0.257 e. The van der Waals surface area contributed by atoms with Crippen molar-refractivity contribution in [1.29, 1.82) is 0 Å². The topological polar surface area (TPSA) is 43.8 Å². The van der Waals surface area contributed by atoms with Crippen molar-refractivity contribution in [2.24, 2.45) is 23.2 Å². The molecular formula is C30H33FN2O2. The average Bonchev–Trinajstić information content (AvgIpc) is 3.54. The first kappa shape index (κ1) is 20.8. The molecule has 2 aromatic rings. The number of nitrogens with zero attached hydrogens (tertiary/aromatic N) is 2. The Morgan fingerprint density at radius 1 is 1.11 bits per heavy atom. The Morgan fingerprint density at radius 3 is 2.80 bits per heavy atom. The molecule has 5 unspecified atom stereocenters. The number of carbonyl (C=O) groups is 1. The number of hydrogen-bond donors (Lipinski definition) is 1. The van der Waals surface area contributed by atoms with E-state index >= 15 is 0 Å². The molecule has 5 fully saturated rings. The highest BCUT2D eigenvalue weighted by molar-refractivity contribution is 5.95. The second-order valence-corrected chi connectivity index (χ2v) is 12.4. The fourth-order valence-electron chi connectivity index (χ4n) is 9.97. The third-order valence-electron chi connectivity index (χ3n) is 11.1. The van der Waals surface area contributed by atoms with Crippen LogP contribution in [0.5, 0.6) is 5.75 Å². The highest BCUT2D eigenvalue weighted by Gasteiger charge is 2.76. The summed E-state index contributed by atoms with van der Waals surface area (Å²) >= 11 is 0. The standard InChI is InChI=1S/C30H33FN2O2/c31-24-4-2-1-3-22(24)28(35)33-17-20-15-29-10-9-25(33)27(20)30(29)11-12-32(16-18-5-6-18)26(29)13-19-7-8-21(34)14-23(19)30/h1-4,7-8,14,18,20,25-27,34H,5-6,9-13,15-17H2/t20-,25?,26?,27?,29?,30?/m1/s1. The van der Waals surface area contributed by atoms with Crippen LogP contribution in [-0.4, -0.2) is 52.5 Å². The van der Waals surface area contributed by atoms with Crippen molar-refractivity contribution in [1.82, 2.24) is 9.80 Å². The van der Waals surface area contributed by atoms with Gasteiger partial charge in [-0.2, -0.15) is 0 Å². The molecule has 4 nitrogen and oxygen atoms in total. The Bertz CT molecular complexity index is 1240. The van der Waals surface area contributed by atoms with E-state index in [-0.39, 0.29) is 28.3 Å². The number of amides is 1. The van der Waals surface area contributed by atoms with Gasteiger partial charge in [-0.15, -0.1) is 0 Å². The van der Waals surface area contributed by atoms with Gasteiger partial charge in [-0.1, -0.05) is 18.2 Å². The van der Waals surface area contributed by atoms with Crippen LogP contribution in [0.2, 0.25) is 0 Å². The molecule has 8 rings (SSSR count). The molecule has 0 aromatic heterocycles. The molecule has 2 saturated heterocycles. The minimum Gasteiger partial charge on any atom is -0.508 e. The van der Waals surface area contributed by atoms with Crippen LogP contribution in [0.15, 0.2) is 42.5 Å². The molecule has 1 N–H and O–H groups in total. The summed E-state index contributed by atoms with van der Waals surface area (Å²) in [6.07, 6.45) is 8.28. The van der Waals surface area contributed by atoms with Crippen LogP contribution in [0.1, 0.15) is 60.0 Å². The lowest BCUT2D eigenvalue weighted by atomic mass is 9.43. The molecule has 6 atom stereocenters. The van der Waals surface area contributed by atoms with Crippen LogP contribution in [0.3, 0.4) is 0 Å². The van der Waals surface area contributed by atoms with Crippen LogP contribution in [-0.2, 0) is 11.8 Å². The number of fused-ring (bicyclic) bond motifs is 1. The summed E-state index contributed by atoms with van der Waals surface area (Å²) in [5, 5.41) is 10.6. The molecule has 0 radical (unpaired) electrons. The van der Waals surface area contributed by atoms with Crippen molar-refractivity contribution in [3.8, 4) is 5.75 Å². The molecule has 182 valence electrons. The SMILES string of the molecule is O=C(c1ccccc1F)N1C[C@H]2CC34CCC1C2C31CCN(CC2CC2)C4Cc2ccc(O)cc21. The molecule has 1 amide bonds. The van der Waals surface area contributed by atoms with E-state index in [1.54, 1.807) is 18.2 Å². The first-order chi connectivity index (χ1) is 17.0. The number of phenolic OH excluding ortho intramolecular Hbond substituents is 1.